The van der Waals surface area contributed by atoms with E-state index in [0.717, 1.165) is 6.20 Å². The van der Waals surface area contributed by atoms with Crippen molar-refractivity contribution in [2.24, 2.45) is 0 Å². The maximum atomic E-state index is 11.0. The molecular formula is C10H13NO3. The van der Waals surface area contributed by atoms with Gasteiger partial charge < -0.3 is 0 Å². The average molecular weight is 195 g/mol. The molecule has 0 amide bonds. The summed E-state index contributed by atoms with van der Waals surface area (Å²) in [7, 11) is 0. The highest BCUT2D eigenvalue weighted by Crippen LogP contribution is 1.93. The second-order valence-electron chi connectivity index (χ2n) is 2.57. The number of carbonyl (C=O) groups excluding carboxylic acids is 1. The third-order valence-corrected chi connectivity index (χ3v) is 1.38. The second kappa shape index (κ2) is 7.91. The summed E-state index contributed by atoms with van der Waals surface area (Å²) < 4.78 is 0. The lowest BCUT2D eigenvalue weighted by Crippen LogP contribution is -1.91. The fourth-order valence-corrected chi connectivity index (χ4v) is 0.731. The van der Waals surface area contributed by atoms with Gasteiger partial charge in [0, 0.05) is 18.9 Å². The molecule has 0 aromatic carbocycles. The van der Waals surface area contributed by atoms with E-state index in [4.69, 9.17) is 0 Å². The van der Waals surface area contributed by atoms with Crippen molar-refractivity contribution in [2.45, 2.75) is 19.8 Å². The van der Waals surface area contributed by atoms with E-state index in [0.29, 0.717) is 12.8 Å². The molecule has 0 aliphatic carbocycles. The molecule has 0 aromatic rings. The monoisotopic (exact) mass is 195 g/mol. The van der Waals surface area contributed by atoms with Gasteiger partial charge in [0.05, 0.1) is 4.92 Å². The van der Waals surface area contributed by atoms with Gasteiger partial charge in [0.25, 0.3) is 0 Å². The zero-order valence-electron chi connectivity index (χ0n) is 8.05. The molecule has 0 saturated carbocycles. The van der Waals surface area contributed by atoms with Crippen LogP contribution in [0.1, 0.15) is 19.8 Å². The molecule has 4 heteroatoms. The van der Waals surface area contributed by atoms with Gasteiger partial charge in [-0.3, -0.25) is 14.9 Å². The summed E-state index contributed by atoms with van der Waals surface area (Å²) in [6.07, 6.45) is 9.54. The van der Waals surface area contributed by atoms with Gasteiger partial charge in [0.15, 0.2) is 0 Å². The highest BCUT2D eigenvalue weighted by molar-refractivity contribution is 5.81. The van der Waals surface area contributed by atoms with E-state index in [9.17, 15) is 14.9 Å². The van der Waals surface area contributed by atoms with Gasteiger partial charge in [-0.25, -0.2) is 0 Å². The largest absolute Gasteiger partial charge is 0.299 e. The van der Waals surface area contributed by atoms with Crippen molar-refractivity contribution in [3.05, 3.63) is 46.7 Å². The van der Waals surface area contributed by atoms with Crippen molar-refractivity contribution in [3.63, 3.8) is 0 Å². The number of Topliss-reactive ketones (excluding diaryl/α,β-unsaturated/α-hetero) is 1. The number of hydrogen-bond acceptors (Lipinski definition) is 3. The quantitative estimate of drug-likeness (QED) is 0.282. The smallest absolute Gasteiger partial charge is 0.234 e. The Morgan fingerprint density at radius 3 is 2.50 bits per heavy atom. The predicted molar refractivity (Wildman–Crippen MR) is 54.3 cm³/mol. The van der Waals surface area contributed by atoms with Gasteiger partial charge in [0.2, 0.25) is 6.20 Å². The molecule has 14 heavy (non-hydrogen) atoms. The Morgan fingerprint density at radius 2 is 1.93 bits per heavy atom. The van der Waals surface area contributed by atoms with E-state index in [2.05, 4.69) is 0 Å². The standard InChI is InChI=1S/C10H13NO3/c1-2-3-7-10(12)8-5-4-6-9-11(13)14/h2-6,9H,7-8H2,1H3/b3-2-,5-4-,9-6-. The topological polar surface area (TPSA) is 60.2 Å². The number of allylic oxidation sites excluding steroid dienone is 5. The Kier molecular flexibility index (Phi) is 6.95. The van der Waals surface area contributed by atoms with Crippen LogP contribution in [-0.4, -0.2) is 10.7 Å². The fourth-order valence-electron chi connectivity index (χ4n) is 0.731. The molecule has 0 aliphatic rings. The number of nitrogens with zero attached hydrogens (tertiary/aromatic N) is 1. The van der Waals surface area contributed by atoms with Gasteiger partial charge >= 0.3 is 0 Å². The van der Waals surface area contributed by atoms with Gasteiger partial charge in [-0.15, -0.1) is 0 Å². The van der Waals surface area contributed by atoms with Crippen molar-refractivity contribution in [3.8, 4) is 0 Å². The van der Waals surface area contributed by atoms with Crippen molar-refractivity contribution in [1.29, 1.82) is 0 Å². The first-order valence-electron chi connectivity index (χ1n) is 4.26. The van der Waals surface area contributed by atoms with Crippen molar-refractivity contribution >= 4 is 5.78 Å². The molecule has 0 rings (SSSR count). The summed E-state index contributed by atoms with van der Waals surface area (Å²) in [4.78, 5) is 20.3. The van der Waals surface area contributed by atoms with E-state index < -0.39 is 4.92 Å². The fraction of sp³-hybridized carbons (Fsp3) is 0.300. The van der Waals surface area contributed by atoms with Crippen LogP contribution < -0.4 is 0 Å². The van der Waals surface area contributed by atoms with Crippen LogP contribution in [-0.2, 0) is 4.79 Å². The number of carbonyl (C=O) groups is 1. The molecule has 0 N–H and O–H groups in total. The lowest BCUT2D eigenvalue weighted by molar-refractivity contribution is -0.402. The second-order valence-corrected chi connectivity index (χ2v) is 2.57. The first-order valence-corrected chi connectivity index (χ1v) is 4.26. The third kappa shape index (κ3) is 8.39. The normalized spacial score (nSPS) is 11.8. The van der Waals surface area contributed by atoms with Crippen molar-refractivity contribution in [2.75, 3.05) is 0 Å². The molecule has 0 bridgehead atoms. The minimum absolute atomic E-state index is 0.0915. The Morgan fingerprint density at radius 1 is 1.29 bits per heavy atom. The molecule has 0 aliphatic heterocycles. The highest BCUT2D eigenvalue weighted by Gasteiger charge is 1.93. The van der Waals surface area contributed by atoms with Crippen LogP contribution in [0.4, 0.5) is 0 Å². The van der Waals surface area contributed by atoms with Gasteiger partial charge in [0.1, 0.15) is 5.78 Å². The zero-order chi connectivity index (χ0) is 10.8. The van der Waals surface area contributed by atoms with Crippen LogP contribution >= 0.6 is 0 Å². The molecule has 0 fully saturated rings. The Balaban J connectivity index is 3.71. The molecule has 0 spiro atoms. The third-order valence-electron chi connectivity index (χ3n) is 1.38. The molecule has 4 nitrogen and oxygen atoms in total. The molecule has 0 aromatic heterocycles. The van der Waals surface area contributed by atoms with Crippen LogP contribution in [0.25, 0.3) is 0 Å². The van der Waals surface area contributed by atoms with E-state index >= 15 is 0 Å². The zero-order valence-corrected chi connectivity index (χ0v) is 8.05. The number of ketones is 1. The lowest BCUT2D eigenvalue weighted by atomic mass is 10.2. The minimum atomic E-state index is -0.550. The lowest BCUT2D eigenvalue weighted by Gasteiger charge is -1.88. The van der Waals surface area contributed by atoms with Crippen LogP contribution in [0.15, 0.2) is 36.6 Å². The summed E-state index contributed by atoms with van der Waals surface area (Å²) in [6, 6.07) is 0. The summed E-state index contributed by atoms with van der Waals surface area (Å²) in [5.74, 6) is 0.0915. The van der Waals surface area contributed by atoms with Crippen LogP contribution in [0.2, 0.25) is 0 Å². The Hall–Kier alpha value is -1.71. The number of hydrogen-bond donors (Lipinski definition) is 0. The maximum absolute atomic E-state index is 11.0. The van der Waals surface area contributed by atoms with Crippen LogP contribution in [0, 0.1) is 10.1 Å². The maximum Gasteiger partial charge on any atom is 0.234 e. The van der Waals surface area contributed by atoms with E-state index in [1.807, 2.05) is 13.0 Å². The molecule has 0 radical (unpaired) electrons. The first kappa shape index (κ1) is 12.3. The van der Waals surface area contributed by atoms with Gasteiger partial charge in [-0.2, -0.15) is 0 Å². The predicted octanol–water partition coefficient (Wildman–Crippen LogP) is 2.26. The SMILES string of the molecule is C/C=C\CC(=O)C/C=C\C=C/[N+](=O)[O-]. The molecule has 76 valence electrons. The first-order chi connectivity index (χ1) is 6.66. The molecular weight excluding hydrogens is 182 g/mol. The van der Waals surface area contributed by atoms with Gasteiger partial charge in [-0.05, 0) is 6.92 Å². The van der Waals surface area contributed by atoms with E-state index in [1.165, 1.54) is 12.2 Å². The average Bonchev–Trinajstić information content (AvgIpc) is 2.13. The Bertz CT molecular complexity index is 277. The van der Waals surface area contributed by atoms with Crippen molar-refractivity contribution in [1.82, 2.24) is 0 Å². The summed E-state index contributed by atoms with van der Waals surface area (Å²) in [6.45, 7) is 1.85. The number of nitro groups is 1. The highest BCUT2D eigenvalue weighted by atomic mass is 16.6. The molecule has 0 atom stereocenters. The van der Waals surface area contributed by atoms with E-state index in [1.54, 1.807) is 12.2 Å². The van der Waals surface area contributed by atoms with Crippen LogP contribution in [0.3, 0.4) is 0 Å². The molecule has 0 heterocycles. The molecule has 0 unspecified atom stereocenters. The Labute approximate surface area is 82.8 Å². The summed E-state index contributed by atoms with van der Waals surface area (Å²) >= 11 is 0. The molecule has 0 saturated heterocycles. The van der Waals surface area contributed by atoms with E-state index in [-0.39, 0.29) is 5.78 Å². The van der Waals surface area contributed by atoms with Gasteiger partial charge in [-0.1, -0.05) is 24.3 Å². The summed E-state index contributed by atoms with van der Waals surface area (Å²) in [5, 5.41) is 9.85. The van der Waals surface area contributed by atoms with Crippen LogP contribution in [0.5, 0.6) is 0 Å². The van der Waals surface area contributed by atoms with Crippen molar-refractivity contribution < 1.29 is 9.72 Å². The number of rotatable bonds is 6. The minimum Gasteiger partial charge on any atom is -0.299 e. The summed E-state index contributed by atoms with van der Waals surface area (Å²) in [5.41, 5.74) is 0.